The first-order valence-electron chi connectivity index (χ1n) is 12.6. The van der Waals surface area contributed by atoms with Crippen LogP contribution in [0, 0.1) is 5.92 Å². The number of nitrogens with zero attached hydrogens (tertiary/aromatic N) is 1. The van der Waals surface area contributed by atoms with Crippen LogP contribution in [0.1, 0.15) is 50.3 Å². The van der Waals surface area contributed by atoms with Gasteiger partial charge in [0.15, 0.2) is 0 Å². The first-order valence-corrected chi connectivity index (χ1v) is 12.6. The molecule has 0 aliphatic carbocycles. The van der Waals surface area contributed by atoms with Gasteiger partial charge in [-0.3, -0.25) is 9.69 Å². The van der Waals surface area contributed by atoms with Crippen LogP contribution < -0.4 is 14.8 Å². The Balaban J connectivity index is 1.58. The lowest BCUT2D eigenvalue weighted by Crippen LogP contribution is -2.47. The highest BCUT2D eigenvalue weighted by molar-refractivity contribution is 5.76. The standard InChI is InChI=1S/C28H40N2O5/c1-20(2)4-5-21-6-8-22(9-7-21)28(33)26(19-30-16-14-23(31)18-30)29-27(32)15-17-35-25-12-10-24(34-3)11-13-25/h6-13,20,23,26,28,31,33H,4-5,14-19H2,1-3H3,(H,29,32)/t23-,26+,28+/m0/s1. The summed E-state index contributed by atoms with van der Waals surface area (Å²) in [6.45, 7) is 6.42. The van der Waals surface area contributed by atoms with Gasteiger partial charge in [0.05, 0.1) is 32.3 Å². The molecule has 1 saturated heterocycles. The molecule has 0 saturated carbocycles. The SMILES string of the molecule is COc1ccc(OCCC(=O)N[C@H](CN2CC[C@H](O)C2)[C@H](O)c2ccc(CCC(C)C)cc2)cc1. The van der Waals surface area contributed by atoms with Crippen molar-refractivity contribution in [2.45, 2.75) is 57.8 Å². The molecule has 2 aromatic carbocycles. The first kappa shape index (κ1) is 27.0. The fourth-order valence-electron chi connectivity index (χ4n) is 4.26. The molecule has 192 valence electrons. The number of hydrogen-bond donors (Lipinski definition) is 3. The second-order valence-electron chi connectivity index (χ2n) is 9.77. The number of amides is 1. The summed E-state index contributed by atoms with van der Waals surface area (Å²) in [7, 11) is 1.61. The van der Waals surface area contributed by atoms with Crippen molar-refractivity contribution in [1.29, 1.82) is 0 Å². The molecule has 1 aliphatic heterocycles. The van der Waals surface area contributed by atoms with Crippen LogP contribution in [-0.4, -0.2) is 66.5 Å². The lowest BCUT2D eigenvalue weighted by atomic mass is 9.97. The van der Waals surface area contributed by atoms with E-state index >= 15 is 0 Å². The number of likely N-dealkylation sites (tertiary alicyclic amines) is 1. The third-order valence-corrected chi connectivity index (χ3v) is 6.42. The first-order chi connectivity index (χ1) is 16.8. The molecule has 0 spiro atoms. The predicted octanol–water partition coefficient (Wildman–Crippen LogP) is 3.34. The van der Waals surface area contributed by atoms with Crippen LogP contribution in [0.4, 0.5) is 0 Å². The summed E-state index contributed by atoms with van der Waals surface area (Å²) in [5.41, 5.74) is 2.02. The van der Waals surface area contributed by atoms with Crippen molar-refractivity contribution in [3.05, 3.63) is 59.7 Å². The van der Waals surface area contributed by atoms with Gasteiger partial charge in [-0.05, 0) is 60.6 Å². The molecule has 0 radical (unpaired) electrons. The van der Waals surface area contributed by atoms with Crippen LogP contribution in [-0.2, 0) is 11.2 Å². The number of aliphatic hydroxyl groups excluding tert-OH is 2. The summed E-state index contributed by atoms with van der Waals surface area (Å²) in [5.74, 6) is 1.87. The Hall–Kier alpha value is -2.61. The Morgan fingerprint density at radius 3 is 2.40 bits per heavy atom. The van der Waals surface area contributed by atoms with Crippen molar-refractivity contribution in [3.63, 3.8) is 0 Å². The minimum Gasteiger partial charge on any atom is -0.497 e. The predicted molar refractivity (Wildman–Crippen MR) is 137 cm³/mol. The monoisotopic (exact) mass is 484 g/mol. The van der Waals surface area contributed by atoms with Gasteiger partial charge < -0.3 is 25.0 Å². The molecule has 1 fully saturated rings. The zero-order chi connectivity index (χ0) is 25.2. The van der Waals surface area contributed by atoms with E-state index in [4.69, 9.17) is 9.47 Å². The fourth-order valence-corrected chi connectivity index (χ4v) is 4.26. The van der Waals surface area contributed by atoms with Gasteiger partial charge in [-0.25, -0.2) is 0 Å². The van der Waals surface area contributed by atoms with Crippen LogP contribution in [0.3, 0.4) is 0 Å². The number of carbonyl (C=O) groups is 1. The quantitative estimate of drug-likeness (QED) is 0.404. The van der Waals surface area contributed by atoms with E-state index in [1.165, 1.54) is 5.56 Å². The zero-order valence-electron chi connectivity index (χ0n) is 21.2. The van der Waals surface area contributed by atoms with E-state index in [-0.39, 0.29) is 25.0 Å². The van der Waals surface area contributed by atoms with Crippen LogP contribution in [0.15, 0.2) is 48.5 Å². The summed E-state index contributed by atoms with van der Waals surface area (Å²) in [6, 6.07) is 14.7. The van der Waals surface area contributed by atoms with Crippen molar-refractivity contribution >= 4 is 5.91 Å². The van der Waals surface area contributed by atoms with Gasteiger partial charge in [0.25, 0.3) is 0 Å². The molecule has 1 amide bonds. The van der Waals surface area contributed by atoms with E-state index in [0.717, 1.165) is 30.7 Å². The maximum Gasteiger partial charge on any atom is 0.223 e. The molecule has 7 heteroatoms. The van der Waals surface area contributed by atoms with E-state index in [1.54, 1.807) is 31.4 Å². The Morgan fingerprint density at radius 2 is 1.80 bits per heavy atom. The van der Waals surface area contributed by atoms with Gasteiger partial charge in [0, 0.05) is 19.6 Å². The number of ether oxygens (including phenoxy) is 2. The van der Waals surface area contributed by atoms with Crippen LogP contribution >= 0.6 is 0 Å². The average Bonchev–Trinajstić information content (AvgIpc) is 3.27. The maximum absolute atomic E-state index is 12.7. The van der Waals surface area contributed by atoms with E-state index in [0.29, 0.717) is 31.2 Å². The van der Waals surface area contributed by atoms with Crippen LogP contribution in [0.2, 0.25) is 0 Å². The minimum atomic E-state index is -0.849. The lowest BCUT2D eigenvalue weighted by Gasteiger charge is -2.29. The number of β-amino-alcohol motifs (C(OH)–C–C–N with tert-alkyl or cyclic N) is 1. The molecule has 0 unspecified atom stereocenters. The fraction of sp³-hybridized carbons (Fsp3) is 0.536. The van der Waals surface area contributed by atoms with Gasteiger partial charge in [-0.15, -0.1) is 0 Å². The highest BCUT2D eigenvalue weighted by Gasteiger charge is 2.29. The molecule has 35 heavy (non-hydrogen) atoms. The molecule has 2 aromatic rings. The van der Waals surface area contributed by atoms with E-state index < -0.39 is 12.1 Å². The Kier molecular flexibility index (Phi) is 10.4. The van der Waals surface area contributed by atoms with E-state index in [1.807, 2.05) is 12.1 Å². The van der Waals surface area contributed by atoms with Gasteiger partial charge >= 0.3 is 0 Å². The molecule has 0 aromatic heterocycles. The summed E-state index contributed by atoms with van der Waals surface area (Å²) < 4.78 is 10.8. The maximum atomic E-state index is 12.7. The number of rotatable bonds is 13. The van der Waals surface area contributed by atoms with E-state index in [9.17, 15) is 15.0 Å². The number of methoxy groups -OCH3 is 1. The van der Waals surface area contributed by atoms with Gasteiger partial charge in [-0.1, -0.05) is 38.1 Å². The molecule has 1 aliphatic rings. The Morgan fingerprint density at radius 1 is 1.11 bits per heavy atom. The summed E-state index contributed by atoms with van der Waals surface area (Å²) >= 11 is 0. The summed E-state index contributed by atoms with van der Waals surface area (Å²) in [6.07, 6.45) is 1.80. The van der Waals surface area contributed by atoms with Crippen LogP contribution in [0.5, 0.6) is 11.5 Å². The third kappa shape index (κ3) is 8.84. The molecule has 0 bridgehead atoms. The molecular formula is C28H40N2O5. The number of carbonyl (C=O) groups excluding carboxylic acids is 1. The Labute approximate surface area is 209 Å². The molecule has 3 N–H and O–H groups in total. The normalized spacial score (nSPS) is 17.8. The van der Waals surface area contributed by atoms with Crippen molar-refractivity contribution in [1.82, 2.24) is 10.2 Å². The Bertz CT molecular complexity index is 901. The summed E-state index contributed by atoms with van der Waals surface area (Å²) in [5, 5.41) is 24.1. The van der Waals surface area contributed by atoms with Crippen molar-refractivity contribution in [3.8, 4) is 11.5 Å². The zero-order valence-corrected chi connectivity index (χ0v) is 21.2. The van der Waals surface area contributed by atoms with Crippen molar-refractivity contribution in [2.75, 3.05) is 33.4 Å². The topological polar surface area (TPSA) is 91.3 Å². The number of benzene rings is 2. The van der Waals surface area contributed by atoms with E-state index in [2.05, 4.69) is 36.2 Å². The average molecular weight is 485 g/mol. The number of aryl methyl sites for hydroxylation is 1. The molecule has 1 heterocycles. The van der Waals surface area contributed by atoms with Gasteiger partial charge in [0.1, 0.15) is 17.6 Å². The molecule has 3 rings (SSSR count). The molecular weight excluding hydrogens is 444 g/mol. The minimum absolute atomic E-state index is 0.173. The molecule has 7 nitrogen and oxygen atoms in total. The van der Waals surface area contributed by atoms with Gasteiger partial charge in [-0.2, -0.15) is 0 Å². The summed E-state index contributed by atoms with van der Waals surface area (Å²) in [4.78, 5) is 14.8. The van der Waals surface area contributed by atoms with Gasteiger partial charge in [0.2, 0.25) is 5.91 Å². The number of hydrogen-bond acceptors (Lipinski definition) is 6. The smallest absolute Gasteiger partial charge is 0.223 e. The third-order valence-electron chi connectivity index (χ3n) is 6.42. The second kappa shape index (κ2) is 13.5. The molecule has 3 atom stereocenters. The second-order valence-corrected chi connectivity index (χ2v) is 9.77. The largest absolute Gasteiger partial charge is 0.497 e. The van der Waals surface area contributed by atoms with Crippen LogP contribution in [0.25, 0.3) is 0 Å². The van der Waals surface area contributed by atoms with Crippen molar-refractivity contribution < 1.29 is 24.5 Å². The van der Waals surface area contributed by atoms with Crippen molar-refractivity contribution in [2.24, 2.45) is 5.92 Å². The number of aliphatic hydroxyl groups is 2. The lowest BCUT2D eigenvalue weighted by molar-refractivity contribution is -0.123. The number of nitrogens with one attached hydrogen (secondary N) is 1. The highest BCUT2D eigenvalue weighted by Crippen LogP contribution is 2.22. The highest BCUT2D eigenvalue weighted by atomic mass is 16.5.